The number of ether oxygens (including phenoxy) is 1. The molecule has 0 spiro atoms. The maximum atomic E-state index is 13.3. The molecule has 1 aliphatic carbocycles. The second-order valence-corrected chi connectivity index (χ2v) is 8.95. The van der Waals surface area contributed by atoms with Crippen molar-refractivity contribution in [2.24, 2.45) is 0 Å². The molecule has 0 atom stereocenters. The van der Waals surface area contributed by atoms with Crippen molar-refractivity contribution in [3.8, 4) is 11.1 Å². The molecule has 0 saturated carbocycles. The van der Waals surface area contributed by atoms with Crippen LogP contribution in [0.2, 0.25) is 0 Å². The normalized spacial score (nSPS) is 12.1. The Morgan fingerprint density at radius 1 is 0.722 bits per heavy atom. The predicted octanol–water partition coefficient (Wildman–Crippen LogP) is 6.15. The van der Waals surface area contributed by atoms with E-state index in [1.165, 1.54) is 4.90 Å². The molecule has 180 valence electrons. The van der Waals surface area contributed by atoms with Crippen LogP contribution in [0.4, 0.5) is 4.79 Å². The van der Waals surface area contributed by atoms with Crippen molar-refractivity contribution < 1.29 is 19.4 Å². The lowest BCUT2D eigenvalue weighted by atomic mass is 9.91. The Hall–Kier alpha value is -4.38. The summed E-state index contributed by atoms with van der Waals surface area (Å²) in [5.41, 5.74) is 6.52. The number of carboxylic acids is 1. The number of carboxylic acid groups (broad SMARTS) is 1. The van der Waals surface area contributed by atoms with Gasteiger partial charge in [0.25, 0.3) is 0 Å². The monoisotopic (exact) mass is 477 g/mol. The number of fused-ring (bicyclic) bond motifs is 3. The van der Waals surface area contributed by atoms with E-state index in [-0.39, 0.29) is 25.0 Å². The smallest absolute Gasteiger partial charge is 0.410 e. The van der Waals surface area contributed by atoms with E-state index in [1.807, 2.05) is 84.9 Å². The molecule has 1 N–H and O–H groups in total. The van der Waals surface area contributed by atoms with Crippen LogP contribution in [0.15, 0.2) is 109 Å². The van der Waals surface area contributed by atoms with Gasteiger partial charge < -0.3 is 9.84 Å². The number of rotatable bonds is 8. The zero-order chi connectivity index (χ0) is 24.9. The van der Waals surface area contributed by atoms with E-state index in [0.717, 1.165) is 33.4 Å². The topological polar surface area (TPSA) is 66.8 Å². The summed E-state index contributed by atoms with van der Waals surface area (Å²) < 4.78 is 5.80. The van der Waals surface area contributed by atoms with E-state index < -0.39 is 18.6 Å². The Labute approximate surface area is 210 Å². The molecule has 4 aromatic rings. The highest BCUT2D eigenvalue weighted by molar-refractivity contribution is 5.80. The first-order chi connectivity index (χ1) is 17.6. The van der Waals surface area contributed by atoms with E-state index in [0.29, 0.717) is 0 Å². The summed E-state index contributed by atoms with van der Waals surface area (Å²) in [6.45, 7) is -0.103. The molecule has 1 amide bonds. The lowest BCUT2D eigenvalue weighted by Gasteiger charge is -2.27. The Balaban J connectivity index is 1.38. The zero-order valence-corrected chi connectivity index (χ0v) is 19.8. The fourth-order valence-electron chi connectivity index (χ4n) is 5.05. The van der Waals surface area contributed by atoms with Crippen LogP contribution in [0, 0.1) is 0 Å². The van der Waals surface area contributed by atoms with Crippen LogP contribution < -0.4 is 0 Å². The number of amides is 1. The number of nitrogens with zero attached hydrogens (tertiary/aromatic N) is 1. The molecule has 0 aliphatic heterocycles. The Bertz CT molecular complexity index is 1270. The van der Waals surface area contributed by atoms with Gasteiger partial charge in [-0.1, -0.05) is 109 Å². The molecule has 0 heterocycles. The third kappa shape index (κ3) is 4.86. The largest absolute Gasteiger partial charge is 0.480 e. The summed E-state index contributed by atoms with van der Waals surface area (Å²) in [7, 11) is 0. The van der Waals surface area contributed by atoms with E-state index in [1.54, 1.807) is 0 Å². The van der Waals surface area contributed by atoms with Gasteiger partial charge in [0.2, 0.25) is 0 Å². The first-order valence-corrected chi connectivity index (χ1v) is 12.0. The maximum absolute atomic E-state index is 13.3. The molecule has 1 aliphatic rings. The van der Waals surface area contributed by atoms with Crippen molar-refractivity contribution >= 4 is 12.1 Å². The van der Waals surface area contributed by atoms with E-state index >= 15 is 0 Å². The van der Waals surface area contributed by atoms with Gasteiger partial charge in [0.15, 0.2) is 0 Å². The standard InChI is InChI=1S/C31H27NO4/c33-30(34)20-32(19-28(22-11-3-1-4-12-22)23-13-5-2-6-14-23)31(35)36-21-29-26-17-9-7-15-24(26)25-16-8-10-18-27(25)29/h1-18,28-29H,19-21H2,(H,33,34). The molecular formula is C31H27NO4. The van der Waals surface area contributed by atoms with E-state index in [4.69, 9.17) is 4.74 Å². The van der Waals surface area contributed by atoms with Gasteiger partial charge in [0.05, 0.1) is 0 Å². The van der Waals surface area contributed by atoms with Crippen molar-refractivity contribution in [2.75, 3.05) is 19.7 Å². The van der Waals surface area contributed by atoms with Crippen LogP contribution in [0.3, 0.4) is 0 Å². The highest BCUT2D eigenvalue weighted by Gasteiger charge is 2.31. The molecule has 0 aromatic heterocycles. The average Bonchev–Trinajstić information content (AvgIpc) is 3.24. The Morgan fingerprint density at radius 3 is 1.69 bits per heavy atom. The SMILES string of the molecule is O=C(O)CN(CC(c1ccccc1)c1ccccc1)C(=O)OCC1c2ccccc2-c2ccccc21. The Kier molecular flexibility index (Phi) is 6.80. The van der Waals surface area contributed by atoms with Crippen LogP contribution in [0.1, 0.15) is 34.1 Å². The molecule has 5 rings (SSSR count). The van der Waals surface area contributed by atoms with Gasteiger partial charge in [-0.3, -0.25) is 9.69 Å². The third-order valence-electron chi connectivity index (χ3n) is 6.73. The number of carbonyl (C=O) groups is 2. The fraction of sp³-hybridized carbons (Fsp3) is 0.161. The minimum absolute atomic E-state index is 0.0907. The number of hydrogen-bond acceptors (Lipinski definition) is 3. The molecule has 5 heteroatoms. The predicted molar refractivity (Wildman–Crippen MR) is 139 cm³/mol. The summed E-state index contributed by atoms with van der Waals surface area (Å²) in [5, 5.41) is 9.58. The quantitative estimate of drug-likeness (QED) is 0.330. The minimum atomic E-state index is -1.08. The number of hydrogen-bond donors (Lipinski definition) is 1. The highest BCUT2D eigenvalue weighted by atomic mass is 16.6. The number of carbonyl (C=O) groups excluding carboxylic acids is 1. The van der Waals surface area contributed by atoms with Crippen LogP contribution in [0.25, 0.3) is 11.1 Å². The summed E-state index contributed by atoms with van der Waals surface area (Å²) in [5.74, 6) is -1.36. The van der Waals surface area contributed by atoms with Crippen LogP contribution in [-0.4, -0.2) is 41.8 Å². The van der Waals surface area contributed by atoms with Crippen molar-refractivity contribution in [3.63, 3.8) is 0 Å². The molecular weight excluding hydrogens is 450 g/mol. The van der Waals surface area contributed by atoms with Crippen LogP contribution in [-0.2, 0) is 9.53 Å². The van der Waals surface area contributed by atoms with E-state index in [9.17, 15) is 14.7 Å². The fourth-order valence-corrected chi connectivity index (χ4v) is 5.05. The van der Waals surface area contributed by atoms with Gasteiger partial charge in [-0.15, -0.1) is 0 Å². The summed E-state index contributed by atoms with van der Waals surface area (Å²) in [6.07, 6.45) is -0.629. The van der Waals surface area contributed by atoms with Crippen LogP contribution >= 0.6 is 0 Å². The molecule has 0 radical (unpaired) electrons. The maximum Gasteiger partial charge on any atom is 0.410 e. The lowest BCUT2D eigenvalue weighted by Crippen LogP contribution is -2.39. The van der Waals surface area contributed by atoms with Gasteiger partial charge in [0.1, 0.15) is 13.2 Å². The third-order valence-corrected chi connectivity index (χ3v) is 6.73. The first kappa shape index (κ1) is 23.4. The van der Waals surface area contributed by atoms with Gasteiger partial charge in [0, 0.05) is 18.4 Å². The zero-order valence-electron chi connectivity index (χ0n) is 19.8. The van der Waals surface area contributed by atoms with Crippen molar-refractivity contribution in [1.29, 1.82) is 0 Å². The molecule has 4 aromatic carbocycles. The molecule has 0 fully saturated rings. The molecule has 5 nitrogen and oxygen atoms in total. The summed E-state index contributed by atoms with van der Waals surface area (Å²) in [4.78, 5) is 26.3. The Morgan fingerprint density at radius 2 is 1.19 bits per heavy atom. The summed E-state index contributed by atoms with van der Waals surface area (Å²) >= 11 is 0. The second-order valence-electron chi connectivity index (χ2n) is 8.95. The van der Waals surface area contributed by atoms with Crippen LogP contribution in [0.5, 0.6) is 0 Å². The van der Waals surface area contributed by atoms with Gasteiger partial charge in [-0.2, -0.15) is 0 Å². The van der Waals surface area contributed by atoms with Gasteiger partial charge in [-0.25, -0.2) is 4.79 Å². The van der Waals surface area contributed by atoms with E-state index in [2.05, 4.69) is 24.3 Å². The molecule has 0 saturated heterocycles. The molecule has 36 heavy (non-hydrogen) atoms. The minimum Gasteiger partial charge on any atom is -0.480 e. The van der Waals surface area contributed by atoms with Gasteiger partial charge >= 0.3 is 12.1 Å². The first-order valence-electron chi connectivity index (χ1n) is 12.0. The van der Waals surface area contributed by atoms with Crippen molar-refractivity contribution in [2.45, 2.75) is 11.8 Å². The van der Waals surface area contributed by atoms with Crippen molar-refractivity contribution in [3.05, 3.63) is 131 Å². The molecule has 0 bridgehead atoms. The summed E-state index contributed by atoms with van der Waals surface area (Å²) in [6, 6.07) is 35.9. The second kappa shape index (κ2) is 10.5. The number of aliphatic carboxylic acids is 1. The average molecular weight is 478 g/mol. The molecule has 0 unspecified atom stereocenters. The number of benzene rings is 4. The lowest BCUT2D eigenvalue weighted by molar-refractivity contribution is -0.138. The highest BCUT2D eigenvalue weighted by Crippen LogP contribution is 2.44. The van der Waals surface area contributed by atoms with Gasteiger partial charge in [-0.05, 0) is 33.4 Å². The van der Waals surface area contributed by atoms with Crippen molar-refractivity contribution in [1.82, 2.24) is 4.90 Å².